The Hall–Kier alpha value is -0.160. The number of hydrogen-bond donors (Lipinski definition) is 1. The van der Waals surface area contributed by atoms with Crippen molar-refractivity contribution in [3.8, 4) is 0 Å². The Balaban J connectivity index is 1.93. The summed E-state index contributed by atoms with van der Waals surface area (Å²) in [5, 5.41) is 3.61. The molecule has 2 aliphatic rings. The van der Waals surface area contributed by atoms with Crippen molar-refractivity contribution in [1.29, 1.82) is 0 Å². The van der Waals surface area contributed by atoms with Gasteiger partial charge in [0, 0.05) is 38.4 Å². The van der Waals surface area contributed by atoms with Crippen molar-refractivity contribution in [1.82, 2.24) is 10.2 Å². The quantitative estimate of drug-likeness (QED) is 0.718. The van der Waals surface area contributed by atoms with E-state index in [-0.39, 0.29) is 0 Å². The van der Waals surface area contributed by atoms with Crippen LogP contribution in [0, 0.1) is 0 Å². The Bertz CT molecular complexity index is 219. The summed E-state index contributed by atoms with van der Waals surface area (Å²) in [6.45, 7) is 6.87. The summed E-state index contributed by atoms with van der Waals surface area (Å²) in [4.78, 5) is 2.61. The molecule has 0 aromatic carbocycles. The van der Waals surface area contributed by atoms with Gasteiger partial charge in [-0.2, -0.15) is 0 Å². The Kier molecular flexibility index (Phi) is 5.22. The molecular formula is C13H26N2O2. The second kappa shape index (κ2) is 6.69. The van der Waals surface area contributed by atoms with E-state index in [0.717, 1.165) is 45.4 Å². The molecule has 2 unspecified atom stereocenters. The van der Waals surface area contributed by atoms with Gasteiger partial charge in [0.05, 0.1) is 13.2 Å². The summed E-state index contributed by atoms with van der Waals surface area (Å²) in [6, 6.07) is 1.90. The number of likely N-dealkylation sites (N-methyl/N-ethyl adjacent to an activating group) is 1. The molecule has 17 heavy (non-hydrogen) atoms. The van der Waals surface area contributed by atoms with Crippen LogP contribution in [-0.2, 0) is 9.47 Å². The predicted molar refractivity (Wildman–Crippen MR) is 68.3 cm³/mol. The minimum atomic E-state index is 0.534. The van der Waals surface area contributed by atoms with Gasteiger partial charge < -0.3 is 14.8 Å². The average molecular weight is 242 g/mol. The molecule has 0 spiro atoms. The van der Waals surface area contributed by atoms with Gasteiger partial charge in [-0.25, -0.2) is 0 Å². The third-order valence-electron chi connectivity index (χ3n) is 3.79. The van der Waals surface area contributed by atoms with Gasteiger partial charge in [0.1, 0.15) is 0 Å². The molecule has 100 valence electrons. The first-order chi connectivity index (χ1) is 8.36. The normalized spacial score (nSPS) is 29.8. The fourth-order valence-electron chi connectivity index (χ4n) is 2.77. The number of ether oxygens (including phenoxy) is 2. The summed E-state index contributed by atoms with van der Waals surface area (Å²) in [6.07, 6.45) is 3.83. The molecule has 0 amide bonds. The van der Waals surface area contributed by atoms with Crippen LogP contribution in [0.15, 0.2) is 0 Å². The zero-order chi connectivity index (χ0) is 12.1. The lowest BCUT2D eigenvalue weighted by atomic mass is 10.0. The summed E-state index contributed by atoms with van der Waals surface area (Å²) >= 11 is 0. The van der Waals surface area contributed by atoms with Crippen LogP contribution >= 0.6 is 0 Å². The molecule has 1 aliphatic heterocycles. The lowest BCUT2D eigenvalue weighted by Gasteiger charge is -2.40. The number of rotatable bonds is 7. The maximum atomic E-state index is 5.68. The molecule has 1 aliphatic carbocycles. The number of nitrogens with one attached hydrogen (secondary N) is 1. The average Bonchev–Trinajstić information content (AvgIpc) is 3.16. The van der Waals surface area contributed by atoms with Crippen molar-refractivity contribution in [2.24, 2.45) is 0 Å². The topological polar surface area (TPSA) is 33.7 Å². The molecule has 0 bridgehead atoms. The molecule has 0 aromatic heterocycles. The fourth-order valence-corrected chi connectivity index (χ4v) is 2.77. The van der Waals surface area contributed by atoms with Crippen molar-refractivity contribution >= 4 is 0 Å². The van der Waals surface area contributed by atoms with Gasteiger partial charge in [-0.3, -0.25) is 4.90 Å². The minimum Gasteiger partial charge on any atom is -0.383 e. The van der Waals surface area contributed by atoms with Crippen LogP contribution in [0.2, 0.25) is 0 Å². The van der Waals surface area contributed by atoms with Crippen LogP contribution in [0.1, 0.15) is 26.2 Å². The van der Waals surface area contributed by atoms with Gasteiger partial charge >= 0.3 is 0 Å². The van der Waals surface area contributed by atoms with Gasteiger partial charge in [-0.15, -0.1) is 0 Å². The molecule has 2 fully saturated rings. The summed E-state index contributed by atoms with van der Waals surface area (Å²) in [5.41, 5.74) is 0. The molecule has 1 heterocycles. The highest BCUT2D eigenvalue weighted by molar-refractivity contribution is 4.95. The SMILES string of the molecule is CCNC1CCOCC1N(CCOC)C1CC1. The van der Waals surface area contributed by atoms with E-state index in [9.17, 15) is 0 Å². The summed E-state index contributed by atoms with van der Waals surface area (Å²) in [7, 11) is 1.78. The number of hydrogen-bond acceptors (Lipinski definition) is 4. The molecule has 2 atom stereocenters. The molecule has 1 N–H and O–H groups in total. The van der Waals surface area contributed by atoms with Crippen LogP contribution < -0.4 is 5.32 Å². The Morgan fingerprint density at radius 2 is 2.18 bits per heavy atom. The van der Waals surface area contributed by atoms with Crippen LogP contribution in [0.4, 0.5) is 0 Å². The predicted octanol–water partition coefficient (Wildman–Crippen LogP) is 0.864. The van der Waals surface area contributed by atoms with Crippen molar-refractivity contribution in [2.75, 3.05) is 40.0 Å². The van der Waals surface area contributed by atoms with E-state index < -0.39 is 0 Å². The number of methoxy groups -OCH3 is 1. The first-order valence-electron chi connectivity index (χ1n) is 6.92. The second-order valence-corrected chi connectivity index (χ2v) is 5.06. The van der Waals surface area contributed by atoms with E-state index in [1.807, 2.05) is 0 Å². The highest BCUT2D eigenvalue weighted by atomic mass is 16.5. The first-order valence-corrected chi connectivity index (χ1v) is 6.92. The van der Waals surface area contributed by atoms with E-state index in [0.29, 0.717) is 12.1 Å². The van der Waals surface area contributed by atoms with Crippen LogP contribution in [0.25, 0.3) is 0 Å². The van der Waals surface area contributed by atoms with E-state index in [2.05, 4.69) is 17.1 Å². The van der Waals surface area contributed by atoms with Crippen LogP contribution in [0.5, 0.6) is 0 Å². The second-order valence-electron chi connectivity index (χ2n) is 5.06. The maximum absolute atomic E-state index is 5.68. The highest BCUT2D eigenvalue weighted by Gasteiger charge is 2.38. The van der Waals surface area contributed by atoms with Crippen molar-refractivity contribution in [2.45, 2.75) is 44.3 Å². The van der Waals surface area contributed by atoms with Gasteiger partial charge in [-0.1, -0.05) is 6.92 Å². The lowest BCUT2D eigenvalue weighted by Crippen LogP contribution is -2.56. The fraction of sp³-hybridized carbons (Fsp3) is 1.00. The number of nitrogens with zero attached hydrogens (tertiary/aromatic N) is 1. The molecule has 1 saturated carbocycles. The zero-order valence-corrected chi connectivity index (χ0v) is 11.2. The van der Waals surface area contributed by atoms with E-state index in [1.54, 1.807) is 7.11 Å². The molecule has 4 heteroatoms. The maximum Gasteiger partial charge on any atom is 0.0637 e. The largest absolute Gasteiger partial charge is 0.383 e. The molecule has 0 aromatic rings. The van der Waals surface area contributed by atoms with Crippen molar-refractivity contribution in [3.05, 3.63) is 0 Å². The third-order valence-corrected chi connectivity index (χ3v) is 3.79. The molecule has 0 radical (unpaired) electrons. The van der Waals surface area contributed by atoms with E-state index in [4.69, 9.17) is 9.47 Å². The molecule has 2 rings (SSSR count). The first kappa shape index (κ1) is 13.3. The van der Waals surface area contributed by atoms with Gasteiger partial charge in [0.25, 0.3) is 0 Å². The van der Waals surface area contributed by atoms with Gasteiger partial charge in [-0.05, 0) is 25.8 Å². The minimum absolute atomic E-state index is 0.534. The van der Waals surface area contributed by atoms with E-state index in [1.165, 1.54) is 12.8 Å². The Morgan fingerprint density at radius 3 is 2.82 bits per heavy atom. The molecule has 4 nitrogen and oxygen atoms in total. The lowest BCUT2D eigenvalue weighted by molar-refractivity contribution is -0.0136. The molecule has 1 saturated heterocycles. The Morgan fingerprint density at radius 1 is 1.35 bits per heavy atom. The summed E-state index contributed by atoms with van der Waals surface area (Å²) in [5.74, 6) is 0. The third kappa shape index (κ3) is 3.65. The van der Waals surface area contributed by atoms with E-state index >= 15 is 0 Å². The highest BCUT2D eigenvalue weighted by Crippen LogP contribution is 2.30. The summed E-state index contributed by atoms with van der Waals surface area (Å²) < 4.78 is 10.9. The monoisotopic (exact) mass is 242 g/mol. The van der Waals surface area contributed by atoms with Gasteiger partial charge in [0.2, 0.25) is 0 Å². The molecular weight excluding hydrogens is 216 g/mol. The van der Waals surface area contributed by atoms with Crippen LogP contribution in [-0.4, -0.2) is 63.0 Å². The van der Waals surface area contributed by atoms with Crippen molar-refractivity contribution in [3.63, 3.8) is 0 Å². The van der Waals surface area contributed by atoms with Crippen molar-refractivity contribution < 1.29 is 9.47 Å². The smallest absolute Gasteiger partial charge is 0.0637 e. The Labute approximate surface area is 105 Å². The standard InChI is InChI=1S/C13H26N2O2/c1-3-14-12-6-8-17-10-13(12)15(7-9-16-2)11-4-5-11/h11-14H,3-10H2,1-2H3. The van der Waals surface area contributed by atoms with Gasteiger partial charge in [0.15, 0.2) is 0 Å². The van der Waals surface area contributed by atoms with Crippen LogP contribution in [0.3, 0.4) is 0 Å². The zero-order valence-electron chi connectivity index (χ0n) is 11.2.